The molecule has 1 aromatic carbocycles. The van der Waals surface area contributed by atoms with Crippen molar-refractivity contribution >= 4 is 21.9 Å². The van der Waals surface area contributed by atoms with Gasteiger partial charge < -0.3 is 9.84 Å². The second-order valence-corrected chi connectivity index (χ2v) is 5.77. The number of hydrogen-bond donors (Lipinski definition) is 1. The van der Waals surface area contributed by atoms with Crippen molar-refractivity contribution in [3.8, 4) is 0 Å². The van der Waals surface area contributed by atoms with Crippen LogP contribution in [0.2, 0.25) is 0 Å². The SMILES string of the molecule is O=C(O)COC1CCN(Cc2ccc(F)cc2Br)CC1. The van der Waals surface area contributed by atoms with Crippen LogP contribution < -0.4 is 0 Å². The molecule has 20 heavy (non-hydrogen) atoms. The summed E-state index contributed by atoms with van der Waals surface area (Å²) in [6.07, 6.45) is 1.68. The van der Waals surface area contributed by atoms with E-state index in [0.29, 0.717) is 0 Å². The fourth-order valence-corrected chi connectivity index (χ4v) is 2.79. The highest BCUT2D eigenvalue weighted by atomic mass is 79.9. The molecular formula is C14H17BrFNO3. The van der Waals surface area contributed by atoms with Gasteiger partial charge in [0.2, 0.25) is 0 Å². The fraction of sp³-hybridized carbons (Fsp3) is 0.500. The molecule has 1 fully saturated rings. The predicted molar refractivity (Wildman–Crippen MR) is 76.0 cm³/mol. The zero-order chi connectivity index (χ0) is 14.5. The minimum atomic E-state index is -0.928. The van der Waals surface area contributed by atoms with Gasteiger partial charge in [0, 0.05) is 24.1 Å². The van der Waals surface area contributed by atoms with Gasteiger partial charge in [-0.25, -0.2) is 9.18 Å². The van der Waals surface area contributed by atoms with Crippen LogP contribution in [0.3, 0.4) is 0 Å². The average Bonchev–Trinajstić information content (AvgIpc) is 2.41. The Morgan fingerprint density at radius 2 is 2.15 bits per heavy atom. The Balaban J connectivity index is 1.80. The number of carboxylic acid groups (broad SMARTS) is 1. The number of carboxylic acids is 1. The molecule has 0 bridgehead atoms. The van der Waals surface area contributed by atoms with Gasteiger partial charge in [-0.2, -0.15) is 0 Å². The van der Waals surface area contributed by atoms with E-state index in [1.807, 2.05) is 0 Å². The van der Waals surface area contributed by atoms with E-state index in [9.17, 15) is 9.18 Å². The third kappa shape index (κ3) is 4.54. The lowest BCUT2D eigenvalue weighted by atomic mass is 10.1. The number of likely N-dealkylation sites (tertiary alicyclic amines) is 1. The maximum absolute atomic E-state index is 13.0. The maximum atomic E-state index is 13.0. The highest BCUT2D eigenvalue weighted by Crippen LogP contribution is 2.22. The van der Waals surface area contributed by atoms with Crippen LogP contribution in [0.5, 0.6) is 0 Å². The van der Waals surface area contributed by atoms with E-state index < -0.39 is 5.97 Å². The molecule has 0 unspecified atom stereocenters. The van der Waals surface area contributed by atoms with E-state index in [1.54, 1.807) is 6.07 Å². The van der Waals surface area contributed by atoms with Crippen LogP contribution in [-0.2, 0) is 16.1 Å². The zero-order valence-electron chi connectivity index (χ0n) is 11.0. The molecule has 0 atom stereocenters. The lowest BCUT2D eigenvalue weighted by Gasteiger charge is -2.31. The van der Waals surface area contributed by atoms with Crippen LogP contribution in [0.15, 0.2) is 22.7 Å². The number of halogens is 2. The fourth-order valence-electron chi connectivity index (χ4n) is 2.31. The summed E-state index contributed by atoms with van der Waals surface area (Å²) < 4.78 is 19.1. The molecular weight excluding hydrogens is 329 g/mol. The third-order valence-electron chi connectivity index (χ3n) is 3.39. The topological polar surface area (TPSA) is 49.8 Å². The van der Waals surface area contributed by atoms with E-state index in [1.165, 1.54) is 12.1 Å². The van der Waals surface area contributed by atoms with Crippen LogP contribution in [-0.4, -0.2) is 41.8 Å². The molecule has 1 aliphatic rings. The number of benzene rings is 1. The summed E-state index contributed by atoms with van der Waals surface area (Å²) >= 11 is 3.37. The summed E-state index contributed by atoms with van der Waals surface area (Å²) in [5.41, 5.74) is 1.05. The zero-order valence-corrected chi connectivity index (χ0v) is 12.6. The smallest absolute Gasteiger partial charge is 0.329 e. The summed E-state index contributed by atoms with van der Waals surface area (Å²) in [5.74, 6) is -1.18. The van der Waals surface area contributed by atoms with Crippen LogP contribution >= 0.6 is 15.9 Å². The first-order valence-electron chi connectivity index (χ1n) is 6.54. The van der Waals surface area contributed by atoms with Crippen molar-refractivity contribution in [2.75, 3.05) is 19.7 Å². The normalized spacial score (nSPS) is 17.3. The van der Waals surface area contributed by atoms with Crippen LogP contribution in [0.25, 0.3) is 0 Å². The first-order valence-corrected chi connectivity index (χ1v) is 7.33. The minimum Gasteiger partial charge on any atom is -0.480 e. The van der Waals surface area contributed by atoms with E-state index >= 15 is 0 Å². The highest BCUT2D eigenvalue weighted by Gasteiger charge is 2.20. The van der Waals surface area contributed by atoms with Gasteiger partial charge in [-0.15, -0.1) is 0 Å². The molecule has 0 aliphatic carbocycles. The van der Waals surface area contributed by atoms with Crippen LogP contribution in [0.1, 0.15) is 18.4 Å². The molecule has 0 saturated carbocycles. The molecule has 6 heteroatoms. The quantitative estimate of drug-likeness (QED) is 0.891. The summed E-state index contributed by atoms with van der Waals surface area (Å²) in [5, 5.41) is 8.57. The Morgan fingerprint density at radius 1 is 1.45 bits per heavy atom. The Kier molecular flexibility index (Phi) is 5.51. The standard InChI is InChI=1S/C14H17BrFNO3/c15-13-7-11(16)2-1-10(13)8-17-5-3-12(4-6-17)20-9-14(18)19/h1-2,7,12H,3-6,8-9H2,(H,18,19). The number of hydrogen-bond acceptors (Lipinski definition) is 3. The largest absolute Gasteiger partial charge is 0.480 e. The van der Waals surface area contributed by atoms with E-state index in [0.717, 1.165) is 42.5 Å². The average molecular weight is 346 g/mol. The Hall–Kier alpha value is -0.980. The number of aliphatic carboxylic acids is 1. The van der Waals surface area contributed by atoms with E-state index in [2.05, 4.69) is 20.8 Å². The lowest BCUT2D eigenvalue weighted by molar-refractivity contribution is -0.145. The van der Waals surface area contributed by atoms with Crippen LogP contribution in [0.4, 0.5) is 4.39 Å². The molecule has 4 nitrogen and oxygen atoms in total. The molecule has 0 amide bonds. The monoisotopic (exact) mass is 345 g/mol. The van der Waals surface area contributed by atoms with Gasteiger partial charge in [0.15, 0.2) is 0 Å². The summed E-state index contributed by atoms with van der Waals surface area (Å²) in [6.45, 7) is 2.24. The molecule has 110 valence electrons. The summed E-state index contributed by atoms with van der Waals surface area (Å²) in [7, 11) is 0. The van der Waals surface area contributed by atoms with Crippen molar-refractivity contribution in [3.63, 3.8) is 0 Å². The molecule has 1 aromatic rings. The van der Waals surface area contributed by atoms with Gasteiger partial charge in [-0.3, -0.25) is 4.90 Å². The number of ether oxygens (including phenoxy) is 1. The van der Waals surface area contributed by atoms with Gasteiger partial charge in [-0.05, 0) is 30.5 Å². The van der Waals surface area contributed by atoms with Gasteiger partial charge in [0.1, 0.15) is 12.4 Å². The first-order chi connectivity index (χ1) is 9.54. The molecule has 0 aromatic heterocycles. The Labute approximate surface area is 125 Å². The Morgan fingerprint density at radius 3 is 2.75 bits per heavy atom. The second kappa shape index (κ2) is 7.15. The molecule has 2 rings (SSSR count). The third-order valence-corrected chi connectivity index (χ3v) is 4.12. The molecule has 1 heterocycles. The molecule has 1 saturated heterocycles. The van der Waals surface area contributed by atoms with Gasteiger partial charge in [0.05, 0.1) is 6.10 Å². The van der Waals surface area contributed by atoms with Gasteiger partial charge >= 0.3 is 5.97 Å². The second-order valence-electron chi connectivity index (χ2n) is 4.92. The van der Waals surface area contributed by atoms with Crippen molar-refractivity contribution in [2.24, 2.45) is 0 Å². The summed E-state index contributed by atoms with van der Waals surface area (Å²) in [6, 6.07) is 4.72. The predicted octanol–water partition coefficient (Wildman–Crippen LogP) is 2.65. The molecule has 1 N–H and O–H groups in total. The van der Waals surface area contributed by atoms with Crippen molar-refractivity contribution in [1.29, 1.82) is 0 Å². The molecule has 0 radical (unpaired) electrons. The molecule has 0 spiro atoms. The van der Waals surface area contributed by atoms with Crippen molar-refractivity contribution in [3.05, 3.63) is 34.1 Å². The lowest BCUT2D eigenvalue weighted by Crippen LogP contribution is -2.37. The van der Waals surface area contributed by atoms with E-state index in [-0.39, 0.29) is 18.5 Å². The summed E-state index contributed by atoms with van der Waals surface area (Å²) in [4.78, 5) is 12.7. The van der Waals surface area contributed by atoms with Crippen molar-refractivity contribution < 1.29 is 19.0 Å². The number of rotatable bonds is 5. The Bertz CT molecular complexity index is 475. The number of piperidine rings is 1. The maximum Gasteiger partial charge on any atom is 0.329 e. The van der Waals surface area contributed by atoms with Crippen molar-refractivity contribution in [2.45, 2.75) is 25.5 Å². The highest BCUT2D eigenvalue weighted by molar-refractivity contribution is 9.10. The van der Waals surface area contributed by atoms with Gasteiger partial charge in [0.25, 0.3) is 0 Å². The van der Waals surface area contributed by atoms with Crippen LogP contribution in [0, 0.1) is 5.82 Å². The number of nitrogens with zero attached hydrogens (tertiary/aromatic N) is 1. The number of carbonyl (C=O) groups is 1. The van der Waals surface area contributed by atoms with E-state index in [4.69, 9.17) is 9.84 Å². The molecule has 1 aliphatic heterocycles. The first kappa shape index (κ1) is 15.4. The van der Waals surface area contributed by atoms with Crippen molar-refractivity contribution in [1.82, 2.24) is 4.90 Å². The minimum absolute atomic E-state index is 0.0269. The van der Waals surface area contributed by atoms with Gasteiger partial charge in [-0.1, -0.05) is 22.0 Å².